The first-order chi connectivity index (χ1) is 9.31. The molecule has 1 atom stereocenters. The molecule has 0 aliphatic heterocycles. The van der Waals surface area contributed by atoms with Gasteiger partial charge in [-0.25, -0.2) is 4.39 Å². The smallest absolute Gasteiger partial charge is 0.128 e. The van der Waals surface area contributed by atoms with Crippen molar-refractivity contribution >= 4 is 21.4 Å². The standard InChI is InChI=1S/C16H14FNS/c1-18-16(12-7-2-4-8-14(12)17)13-10-19-15-9-5-3-6-11(13)15/h2-10,16,18H,1H3. The summed E-state index contributed by atoms with van der Waals surface area (Å²) >= 11 is 1.70. The molecule has 0 aliphatic rings. The fourth-order valence-corrected chi connectivity index (χ4v) is 3.40. The molecular formula is C16H14FNS. The normalized spacial score (nSPS) is 12.7. The summed E-state index contributed by atoms with van der Waals surface area (Å²) in [6, 6.07) is 15.1. The van der Waals surface area contributed by atoms with E-state index in [1.54, 1.807) is 17.4 Å². The molecule has 3 aromatic rings. The minimum Gasteiger partial charge on any atom is -0.309 e. The molecule has 19 heavy (non-hydrogen) atoms. The highest BCUT2D eigenvalue weighted by Gasteiger charge is 2.18. The van der Waals surface area contributed by atoms with E-state index in [4.69, 9.17) is 0 Å². The Hall–Kier alpha value is -1.71. The molecule has 0 spiro atoms. The molecule has 0 amide bonds. The van der Waals surface area contributed by atoms with Gasteiger partial charge in [0, 0.05) is 10.3 Å². The van der Waals surface area contributed by atoms with Gasteiger partial charge in [-0.2, -0.15) is 0 Å². The fraction of sp³-hybridized carbons (Fsp3) is 0.125. The van der Waals surface area contributed by atoms with Crippen LogP contribution in [0.3, 0.4) is 0 Å². The molecule has 1 N–H and O–H groups in total. The molecule has 3 rings (SSSR count). The third-order valence-electron chi connectivity index (χ3n) is 3.33. The van der Waals surface area contributed by atoms with Crippen LogP contribution in [0.2, 0.25) is 0 Å². The fourth-order valence-electron chi connectivity index (χ4n) is 2.41. The summed E-state index contributed by atoms with van der Waals surface area (Å²) in [7, 11) is 1.86. The zero-order valence-electron chi connectivity index (χ0n) is 10.6. The Morgan fingerprint density at radius 1 is 1.00 bits per heavy atom. The van der Waals surface area contributed by atoms with Crippen molar-refractivity contribution < 1.29 is 4.39 Å². The van der Waals surface area contributed by atoms with E-state index in [-0.39, 0.29) is 11.9 Å². The lowest BCUT2D eigenvalue weighted by Crippen LogP contribution is -2.18. The second kappa shape index (κ2) is 5.11. The Labute approximate surface area is 115 Å². The molecule has 0 bridgehead atoms. The van der Waals surface area contributed by atoms with Gasteiger partial charge in [-0.05, 0) is 35.5 Å². The number of nitrogens with one attached hydrogen (secondary N) is 1. The summed E-state index contributed by atoms with van der Waals surface area (Å²) in [4.78, 5) is 0. The van der Waals surface area contributed by atoms with Crippen LogP contribution in [0.4, 0.5) is 4.39 Å². The van der Waals surface area contributed by atoms with E-state index in [2.05, 4.69) is 22.8 Å². The van der Waals surface area contributed by atoms with Crippen molar-refractivity contribution in [2.75, 3.05) is 7.05 Å². The van der Waals surface area contributed by atoms with Crippen molar-refractivity contribution in [3.63, 3.8) is 0 Å². The van der Waals surface area contributed by atoms with Crippen LogP contribution in [0, 0.1) is 5.82 Å². The first-order valence-corrected chi connectivity index (χ1v) is 7.07. The summed E-state index contributed by atoms with van der Waals surface area (Å²) in [6.45, 7) is 0. The molecule has 0 radical (unpaired) electrons. The van der Waals surface area contributed by atoms with Crippen LogP contribution in [0.15, 0.2) is 53.9 Å². The number of rotatable bonds is 3. The summed E-state index contributed by atoms with van der Waals surface area (Å²) < 4.78 is 15.2. The maximum atomic E-state index is 14.0. The molecular weight excluding hydrogens is 257 g/mol. The van der Waals surface area contributed by atoms with Crippen molar-refractivity contribution in [2.24, 2.45) is 0 Å². The van der Waals surface area contributed by atoms with Gasteiger partial charge in [-0.3, -0.25) is 0 Å². The predicted octanol–water partition coefficient (Wildman–Crippen LogP) is 4.35. The Morgan fingerprint density at radius 2 is 1.74 bits per heavy atom. The number of halogens is 1. The lowest BCUT2D eigenvalue weighted by atomic mass is 9.98. The molecule has 3 heteroatoms. The van der Waals surface area contributed by atoms with Gasteiger partial charge in [-0.15, -0.1) is 11.3 Å². The van der Waals surface area contributed by atoms with Crippen molar-refractivity contribution in [3.05, 3.63) is 70.9 Å². The molecule has 0 aliphatic carbocycles. The number of fused-ring (bicyclic) bond motifs is 1. The van der Waals surface area contributed by atoms with E-state index in [1.807, 2.05) is 31.3 Å². The van der Waals surface area contributed by atoms with Crippen LogP contribution in [-0.2, 0) is 0 Å². The van der Waals surface area contributed by atoms with E-state index < -0.39 is 0 Å². The van der Waals surface area contributed by atoms with E-state index in [0.29, 0.717) is 5.56 Å². The summed E-state index contributed by atoms with van der Waals surface area (Å²) in [5.74, 6) is -0.169. The van der Waals surface area contributed by atoms with Gasteiger partial charge < -0.3 is 5.32 Å². The molecule has 1 unspecified atom stereocenters. The van der Waals surface area contributed by atoms with Crippen LogP contribution < -0.4 is 5.32 Å². The largest absolute Gasteiger partial charge is 0.309 e. The first-order valence-electron chi connectivity index (χ1n) is 6.19. The predicted molar refractivity (Wildman–Crippen MR) is 79.1 cm³/mol. The molecule has 0 fully saturated rings. The number of thiophene rings is 1. The molecule has 0 saturated carbocycles. The van der Waals surface area contributed by atoms with E-state index in [1.165, 1.54) is 16.2 Å². The minimum atomic E-state index is -0.169. The van der Waals surface area contributed by atoms with Gasteiger partial charge in [0.05, 0.1) is 6.04 Å². The zero-order valence-corrected chi connectivity index (χ0v) is 11.4. The number of hydrogen-bond donors (Lipinski definition) is 1. The highest BCUT2D eigenvalue weighted by atomic mass is 32.1. The van der Waals surface area contributed by atoms with Gasteiger partial charge in [0.15, 0.2) is 0 Å². The van der Waals surface area contributed by atoms with Crippen LogP contribution in [0.25, 0.3) is 10.1 Å². The molecule has 1 heterocycles. The third kappa shape index (κ3) is 2.15. The summed E-state index contributed by atoms with van der Waals surface area (Å²) in [5.41, 5.74) is 1.82. The van der Waals surface area contributed by atoms with Gasteiger partial charge in [0.25, 0.3) is 0 Å². The van der Waals surface area contributed by atoms with Gasteiger partial charge in [0.1, 0.15) is 5.82 Å². The molecule has 1 aromatic heterocycles. The van der Waals surface area contributed by atoms with Crippen LogP contribution in [0.5, 0.6) is 0 Å². The Kier molecular flexibility index (Phi) is 3.32. The maximum absolute atomic E-state index is 14.0. The van der Waals surface area contributed by atoms with Crippen molar-refractivity contribution in [2.45, 2.75) is 6.04 Å². The second-order valence-corrected chi connectivity index (χ2v) is 5.34. The highest BCUT2D eigenvalue weighted by Crippen LogP contribution is 2.34. The third-order valence-corrected chi connectivity index (χ3v) is 4.31. The topological polar surface area (TPSA) is 12.0 Å². The van der Waals surface area contributed by atoms with Crippen molar-refractivity contribution in [3.8, 4) is 0 Å². The first kappa shape index (κ1) is 12.3. The van der Waals surface area contributed by atoms with Gasteiger partial charge in [-0.1, -0.05) is 36.4 Å². The van der Waals surface area contributed by atoms with Crippen LogP contribution in [-0.4, -0.2) is 7.05 Å². The Balaban J connectivity index is 2.15. The summed E-state index contributed by atoms with van der Waals surface area (Å²) in [6.07, 6.45) is 0. The van der Waals surface area contributed by atoms with Crippen molar-refractivity contribution in [1.82, 2.24) is 5.32 Å². The van der Waals surface area contributed by atoms with Gasteiger partial charge >= 0.3 is 0 Å². The second-order valence-electron chi connectivity index (χ2n) is 4.43. The number of hydrogen-bond acceptors (Lipinski definition) is 2. The molecule has 1 nitrogen and oxygen atoms in total. The lowest BCUT2D eigenvalue weighted by Gasteiger charge is -2.17. The minimum absolute atomic E-state index is 0.114. The van der Waals surface area contributed by atoms with E-state index >= 15 is 0 Å². The van der Waals surface area contributed by atoms with Crippen molar-refractivity contribution in [1.29, 1.82) is 0 Å². The average Bonchev–Trinajstić information content (AvgIpc) is 2.86. The molecule has 0 saturated heterocycles. The molecule has 96 valence electrons. The van der Waals surface area contributed by atoms with E-state index in [9.17, 15) is 4.39 Å². The molecule has 2 aromatic carbocycles. The average molecular weight is 271 g/mol. The van der Waals surface area contributed by atoms with E-state index in [0.717, 1.165) is 5.56 Å². The SMILES string of the molecule is CNC(c1ccccc1F)c1csc2ccccc12. The van der Waals surface area contributed by atoms with Gasteiger partial charge in [0.2, 0.25) is 0 Å². The lowest BCUT2D eigenvalue weighted by molar-refractivity contribution is 0.578. The maximum Gasteiger partial charge on any atom is 0.128 e. The Morgan fingerprint density at radius 3 is 2.53 bits per heavy atom. The highest BCUT2D eigenvalue weighted by molar-refractivity contribution is 7.17. The van der Waals surface area contributed by atoms with Crippen LogP contribution >= 0.6 is 11.3 Å². The Bertz CT molecular complexity index is 705. The number of benzene rings is 2. The monoisotopic (exact) mass is 271 g/mol. The summed E-state index contributed by atoms with van der Waals surface area (Å²) in [5, 5.41) is 6.52. The quantitative estimate of drug-likeness (QED) is 0.746. The van der Waals surface area contributed by atoms with Crippen LogP contribution in [0.1, 0.15) is 17.2 Å². The zero-order chi connectivity index (χ0) is 13.2.